The van der Waals surface area contributed by atoms with Crippen LogP contribution in [0.5, 0.6) is 0 Å². The highest BCUT2D eigenvalue weighted by Gasteiger charge is 2.18. The molecule has 1 aliphatic carbocycles. The first-order valence-corrected chi connectivity index (χ1v) is 3.82. The van der Waals surface area contributed by atoms with Crippen LogP contribution < -0.4 is 5.32 Å². The molecule has 1 heteroatoms. The Morgan fingerprint density at radius 1 is 1.44 bits per heavy atom. The molecule has 1 saturated carbocycles. The summed E-state index contributed by atoms with van der Waals surface area (Å²) in [6, 6.07) is 0.853. The fourth-order valence-electron chi connectivity index (χ4n) is 0.772. The fourth-order valence-corrected chi connectivity index (χ4v) is 0.772. The van der Waals surface area contributed by atoms with Gasteiger partial charge in [0.1, 0.15) is 0 Å². The van der Waals surface area contributed by atoms with Crippen LogP contribution in [0.2, 0.25) is 0 Å². The van der Waals surface area contributed by atoms with E-state index in [0.29, 0.717) is 0 Å². The molecule has 0 aromatic rings. The van der Waals surface area contributed by atoms with Crippen LogP contribution >= 0.6 is 0 Å². The highest BCUT2D eigenvalue weighted by molar-refractivity contribution is 4.88. The van der Waals surface area contributed by atoms with Crippen molar-refractivity contribution in [2.45, 2.75) is 32.2 Å². The molecule has 0 aromatic heterocycles. The van der Waals surface area contributed by atoms with Crippen LogP contribution in [0.25, 0.3) is 0 Å². The van der Waals surface area contributed by atoms with Crippen molar-refractivity contribution in [3.63, 3.8) is 0 Å². The van der Waals surface area contributed by atoms with Gasteiger partial charge in [-0.05, 0) is 19.3 Å². The molecule has 0 heterocycles. The van der Waals surface area contributed by atoms with E-state index in [1.807, 2.05) is 0 Å². The van der Waals surface area contributed by atoms with Gasteiger partial charge in [0.25, 0.3) is 0 Å². The standard InChI is InChI=1S/C8H15N/c1-2-3-4-7-9-8-5-6-8/h3-4,8-9H,2,5-7H2,1H3/b4-3+. The first-order valence-electron chi connectivity index (χ1n) is 3.82. The van der Waals surface area contributed by atoms with Gasteiger partial charge in [0.2, 0.25) is 0 Å². The van der Waals surface area contributed by atoms with E-state index >= 15 is 0 Å². The lowest BCUT2D eigenvalue weighted by Gasteiger charge is -1.93. The van der Waals surface area contributed by atoms with Crippen molar-refractivity contribution in [3.8, 4) is 0 Å². The third kappa shape index (κ3) is 3.31. The largest absolute Gasteiger partial charge is 0.311 e. The van der Waals surface area contributed by atoms with Gasteiger partial charge >= 0.3 is 0 Å². The third-order valence-corrected chi connectivity index (χ3v) is 1.50. The molecule has 1 N–H and O–H groups in total. The Kier molecular flexibility index (Phi) is 2.78. The van der Waals surface area contributed by atoms with E-state index < -0.39 is 0 Å². The Bertz CT molecular complexity index is 92.7. The monoisotopic (exact) mass is 125 g/mol. The average molecular weight is 125 g/mol. The third-order valence-electron chi connectivity index (χ3n) is 1.50. The molecule has 0 amide bonds. The van der Waals surface area contributed by atoms with Gasteiger partial charge in [0.05, 0.1) is 0 Å². The van der Waals surface area contributed by atoms with Crippen molar-refractivity contribution in [1.82, 2.24) is 5.32 Å². The highest BCUT2D eigenvalue weighted by atomic mass is 14.9. The Hall–Kier alpha value is -0.300. The van der Waals surface area contributed by atoms with Crippen LogP contribution in [0.1, 0.15) is 26.2 Å². The van der Waals surface area contributed by atoms with E-state index in [1.165, 1.54) is 12.8 Å². The van der Waals surface area contributed by atoms with Crippen LogP contribution in [0.4, 0.5) is 0 Å². The predicted molar refractivity (Wildman–Crippen MR) is 40.5 cm³/mol. The van der Waals surface area contributed by atoms with Crippen molar-refractivity contribution < 1.29 is 0 Å². The van der Waals surface area contributed by atoms with E-state index in [9.17, 15) is 0 Å². The SMILES string of the molecule is CC/C=C/CNC1CC1. The molecular weight excluding hydrogens is 110 g/mol. The lowest BCUT2D eigenvalue weighted by molar-refractivity contribution is 0.752. The highest BCUT2D eigenvalue weighted by Crippen LogP contribution is 2.17. The molecule has 1 nitrogen and oxygen atoms in total. The van der Waals surface area contributed by atoms with Crippen LogP contribution in [0, 0.1) is 0 Å². The zero-order valence-corrected chi connectivity index (χ0v) is 6.06. The molecule has 1 fully saturated rings. The summed E-state index contributed by atoms with van der Waals surface area (Å²) in [5, 5.41) is 3.40. The van der Waals surface area contributed by atoms with E-state index in [0.717, 1.165) is 19.0 Å². The van der Waals surface area contributed by atoms with E-state index in [-0.39, 0.29) is 0 Å². The first-order chi connectivity index (χ1) is 4.43. The summed E-state index contributed by atoms with van der Waals surface area (Å²) in [4.78, 5) is 0. The summed E-state index contributed by atoms with van der Waals surface area (Å²) < 4.78 is 0. The molecule has 1 aliphatic rings. The molecule has 0 spiro atoms. The Labute approximate surface area is 57.1 Å². The molecule has 0 unspecified atom stereocenters. The molecule has 0 atom stereocenters. The molecule has 0 aliphatic heterocycles. The Morgan fingerprint density at radius 3 is 2.78 bits per heavy atom. The van der Waals surface area contributed by atoms with Gasteiger partial charge in [-0.15, -0.1) is 0 Å². The first kappa shape index (κ1) is 6.81. The summed E-state index contributed by atoms with van der Waals surface area (Å²) in [5.74, 6) is 0. The van der Waals surface area contributed by atoms with Crippen molar-refractivity contribution in [2.24, 2.45) is 0 Å². The molecule has 0 saturated heterocycles. The maximum atomic E-state index is 3.40. The summed E-state index contributed by atoms with van der Waals surface area (Å²) in [7, 11) is 0. The van der Waals surface area contributed by atoms with Crippen molar-refractivity contribution >= 4 is 0 Å². The molecule has 52 valence electrons. The minimum absolute atomic E-state index is 0.853. The van der Waals surface area contributed by atoms with Gasteiger partial charge in [-0.25, -0.2) is 0 Å². The van der Waals surface area contributed by atoms with E-state index in [4.69, 9.17) is 0 Å². The topological polar surface area (TPSA) is 12.0 Å². The second-order valence-corrected chi connectivity index (χ2v) is 2.56. The van der Waals surface area contributed by atoms with Crippen LogP contribution in [-0.2, 0) is 0 Å². The summed E-state index contributed by atoms with van der Waals surface area (Å²) in [6.07, 6.45) is 8.35. The summed E-state index contributed by atoms with van der Waals surface area (Å²) in [6.45, 7) is 3.23. The quantitative estimate of drug-likeness (QED) is 0.564. The molecule has 0 aromatic carbocycles. The normalized spacial score (nSPS) is 19.2. The smallest absolute Gasteiger partial charge is 0.0137 e. The van der Waals surface area contributed by atoms with Crippen molar-refractivity contribution in [3.05, 3.63) is 12.2 Å². The zero-order valence-electron chi connectivity index (χ0n) is 6.06. The molecular formula is C8H15N. The lowest BCUT2D eigenvalue weighted by Crippen LogP contribution is -2.15. The second kappa shape index (κ2) is 3.67. The molecule has 0 bridgehead atoms. The van der Waals surface area contributed by atoms with Gasteiger partial charge in [-0.2, -0.15) is 0 Å². The van der Waals surface area contributed by atoms with Gasteiger partial charge in [-0.1, -0.05) is 19.1 Å². The number of allylic oxidation sites excluding steroid dienone is 1. The fraction of sp³-hybridized carbons (Fsp3) is 0.750. The van der Waals surface area contributed by atoms with Gasteiger partial charge in [0.15, 0.2) is 0 Å². The van der Waals surface area contributed by atoms with Crippen LogP contribution in [0.15, 0.2) is 12.2 Å². The maximum Gasteiger partial charge on any atom is 0.0137 e. The second-order valence-electron chi connectivity index (χ2n) is 2.56. The van der Waals surface area contributed by atoms with Gasteiger partial charge < -0.3 is 5.32 Å². The Balaban J connectivity index is 1.85. The predicted octanol–water partition coefficient (Wildman–Crippen LogP) is 1.70. The Morgan fingerprint density at radius 2 is 2.22 bits per heavy atom. The maximum absolute atomic E-state index is 3.40. The lowest BCUT2D eigenvalue weighted by atomic mass is 10.4. The van der Waals surface area contributed by atoms with Crippen molar-refractivity contribution in [1.29, 1.82) is 0 Å². The van der Waals surface area contributed by atoms with Crippen molar-refractivity contribution in [2.75, 3.05) is 6.54 Å². The number of rotatable bonds is 4. The number of hydrogen-bond donors (Lipinski definition) is 1. The zero-order chi connectivity index (χ0) is 6.53. The van der Waals surface area contributed by atoms with E-state index in [2.05, 4.69) is 24.4 Å². The average Bonchev–Trinajstić information content (AvgIpc) is 2.63. The minimum atomic E-state index is 0.853. The number of nitrogens with one attached hydrogen (secondary N) is 1. The molecule has 0 radical (unpaired) electrons. The van der Waals surface area contributed by atoms with Gasteiger partial charge in [-0.3, -0.25) is 0 Å². The minimum Gasteiger partial charge on any atom is -0.311 e. The summed E-state index contributed by atoms with van der Waals surface area (Å²) >= 11 is 0. The van der Waals surface area contributed by atoms with Gasteiger partial charge in [0, 0.05) is 12.6 Å². The number of hydrogen-bond acceptors (Lipinski definition) is 1. The van der Waals surface area contributed by atoms with Crippen LogP contribution in [-0.4, -0.2) is 12.6 Å². The van der Waals surface area contributed by atoms with Crippen LogP contribution in [0.3, 0.4) is 0 Å². The molecule has 9 heavy (non-hydrogen) atoms. The molecule has 1 rings (SSSR count). The summed E-state index contributed by atoms with van der Waals surface area (Å²) in [5.41, 5.74) is 0. The van der Waals surface area contributed by atoms with E-state index in [1.54, 1.807) is 0 Å².